The molecule has 1 fully saturated rings. The molecule has 2 amide bonds. The van der Waals surface area contributed by atoms with Gasteiger partial charge in [0.15, 0.2) is 0 Å². The van der Waals surface area contributed by atoms with Crippen LogP contribution in [-0.2, 0) is 9.59 Å². The summed E-state index contributed by atoms with van der Waals surface area (Å²) in [5.74, 6) is -0.849. The van der Waals surface area contributed by atoms with Gasteiger partial charge in [-0.1, -0.05) is 11.6 Å². The van der Waals surface area contributed by atoms with Crippen LogP contribution >= 0.6 is 11.6 Å². The van der Waals surface area contributed by atoms with E-state index in [9.17, 15) is 14.0 Å². The Balaban J connectivity index is 2.03. The maximum atomic E-state index is 13.7. The molecule has 0 unspecified atom stereocenters. The lowest BCUT2D eigenvalue weighted by Gasteiger charge is -2.24. The Kier molecular flexibility index (Phi) is 4.60. The lowest BCUT2D eigenvalue weighted by Crippen LogP contribution is -2.49. The number of carbonyl (C=O) groups excluding carboxylic acids is 2. The van der Waals surface area contributed by atoms with E-state index >= 15 is 0 Å². The molecular weight excluding hydrogens is 283 g/mol. The molecular formula is C14H16ClFN2O2. The van der Waals surface area contributed by atoms with E-state index in [0.717, 1.165) is 0 Å². The monoisotopic (exact) mass is 298 g/mol. The Morgan fingerprint density at radius 1 is 1.55 bits per heavy atom. The maximum absolute atomic E-state index is 13.7. The fourth-order valence-electron chi connectivity index (χ4n) is 2.24. The van der Waals surface area contributed by atoms with Gasteiger partial charge in [0.05, 0.1) is 6.04 Å². The van der Waals surface area contributed by atoms with E-state index in [2.05, 4.69) is 10.6 Å². The van der Waals surface area contributed by atoms with E-state index in [4.69, 9.17) is 11.6 Å². The minimum absolute atomic E-state index is 0.127. The third-order valence-corrected chi connectivity index (χ3v) is 3.57. The second kappa shape index (κ2) is 6.22. The molecule has 2 rings (SSSR count). The van der Waals surface area contributed by atoms with E-state index in [1.54, 1.807) is 6.92 Å². The number of nitrogens with one attached hydrogen (secondary N) is 2. The molecule has 1 saturated heterocycles. The van der Waals surface area contributed by atoms with Crippen molar-refractivity contribution in [3.8, 4) is 0 Å². The lowest BCUT2D eigenvalue weighted by atomic mass is 10.0. The SMILES string of the molecule is C[C@@H](NC(=O)[C@H]1CCCC(=O)N1)c1cc(Cl)ccc1F. The third-order valence-electron chi connectivity index (χ3n) is 3.33. The van der Waals surface area contributed by atoms with Gasteiger partial charge < -0.3 is 10.6 Å². The number of benzene rings is 1. The quantitative estimate of drug-likeness (QED) is 0.900. The minimum Gasteiger partial charge on any atom is -0.348 e. The predicted molar refractivity (Wildman–Crippen MR) is 73.7 cm³/mol. The average molecular weight is 299 g/mol. The van der Waals surface area contributed by atoms with Gasteiger partial charge in [-0.3, -0.25) is 9.59 Å². The van der Waals surface area contributed by atoms with Crippen molar-refractivity contribution in [2.45, 2.75) is 38.3 Å². The van der Waals surface area contributed by atoms with Crippen molar-refractivity contribution in [3.05, 3.63) is 34.6 Å². The van der Waals surface area contributed by atoms with Crippen molar-refractivity contribution in [2.75, 3.05) is 0 Å². The Morgan fingerprint density at radius 2 is 2.30 bits per heavy atom. The summed E-state index contributed by atoms with van der Waals surface area (Å²) in [5, 5.41) is 5.74. The van der Waals surface area contributed by atoms with Gasteiger partial charge in [0.1, 0.15) is 11.9 Å². The summed E-state index contributed by atoms with van der Waals surface area (Å²) in [5.41, 5.74) is 0.327. The molecule has 1 aromatic rings. The zero-order valence-electron chi connectivity index (χ0n) is 11.1. The standard InChI is InChI=1S/C14H16ClFN2O2/c1-8(10-7-9(15)5-6-11(10)16)17-14(20)12-3-2-4-13(19)18-12/h5-8,12H,2-4H2,1H3,(H,17,20)(H,18,19)/t8-,12-/m1/s1. The molecule has 6 heteroatoms. The molecule has 20 heavy (non-hydrogen) atoms. The third kappa shape index (κ3) is 3.48. The molecule has 0 aliphatic carbocycles. The van der Waals surface area contributed by atoms with Crippen molar-refractivity contribution in [1.29, 1.82) is 0 Å². The number of hydrogen-bond acceptors (Lipinski definition) is 2. The molecule has 4 nitrogen and oxygen atoms in total. The summed E-state index contributed by atoms with van der Waals surface area (Å²) in [6, 6.07) is 3.15. The first-order chi connectivity index (χ1) is 9.47. The summed E-state index contributed by atoms with van der Waals surface area (Å²) in [4.78, 5) is 23.3. The van der Waals surface area contributed by atoms with Crippen LogP contribution in [0.2, 0.25) is 5.02 Å². The molecule has 1 heterocycles. The summed E-state index contributed by atoms with van der Waals surface area (Å²) in [7, 11) is 0. The van der Waals surface area contributed by atoms with Crippen molar-refractivity contribution in [2.24, 2.45) is 0 Å². The van der Waals surface area contributed by atoms with Gasteiger partial charge >= 0.3 is 0 Å². The highest BCUT2D eigenvalue weighted by Gasteiger charge is 2.26. The van der Waals surface area contributed by atoms with Crippen molar-refractivity contribution in [1.82, 2.24) is 10.6 Å². The first kappa shape index (κ1) is 14.8. The van der Waals surface area contributed by atoms with Crippen LogP contribution in [0.1, 0.15) is 37.8 Å². The van der Waals surface area contributed by atoms with Gasteiger partial charge in [-0.2, -0.15) is 0 Å². The number of hydrogen-bond donors (Lipinski definition) is 2. The molecule has 1 aromatic carbocycles. The zero-order valence-corrected chi connectivity index (χ0v) is 11.8. The second-order valence-corrected chi connectivity index (χ2v) is 5.34. The van der Waals surface area contributed by atoms with E-state index in [0.29, 0.717) is 29.8 Å². The lowest BCUT2D eigenvalue weighted by molar-refractivity contribution is -0.131. The maximum Gasteiger partial charge on any atom is 0.243 e. The van der Waals surface area contributed by atoms with E-state index in [-0.39, 0.29) is 11.8 Å². The number of carbonyl (C=O) groups is 2. The normalized spacial score (nSPS) is 20.1. The number of amides is 2. The van der Waals surface area contributed by atoms with Crippen LogP contribution < -0.4 is 10.6 Å². The van der Waals surface area contributed by atoms with Crippen LogP contribution in [-0.4, -0.2) is 17.9 Å². The smallest absolute Gasteiger partial charge is 0.243 e. The molecule has 108 valence electrons. The highest BCUT2D eigenvalue weighted by Crippen LogP contribution is 2.21. The number of rotatable bonds is 3. The second-order valence-electron chi connectivity index (χ2n) is 4.91. The highest BCUT2D eigenvalue weighted by atomic mass is 35.5. The molecule has 2 N–H and O–H groups in total. The molecule has 0 saturated carbocycles. The van der Waals surface area contributed by atoms with Crippen LogP contribution in [0, 0.1) is 5.82 Å². The summed E-state index contributed by atoms with van der Waals surface area (Å²) >= 11 is 5.83. The largest absolute Gasteiger partial charge is 0.348 e. The summed E-state index contributed by atoms with van der Waals surface area (Å²) < 4.78 is 13.7. The minimum atomic E-state index is -0.541. The molecule has 1 aliphatic rings. The van der Waals surface area contributed by atoms with Gasteiger partial charge in [0.2, 0.25) is 11.8 Å². The van der Waals surface area contributed by atoms with Gasteiger partial charge in [0.25, 0.3) is 0 Å². The Labute approximate surface area is 121 Å². The van der Waals surface area contributed by atoms with Crippen LogP contribution in [0.3, 0.4) is 0 Å². The average Bonchev–Trinajstić information content (AvgIpc) is 2.41. The van der Waals surface area contributed by atoms with E-state index < -0.39 is 17.9 Å². The topological polar surface area (TPSA) is 58.2 Å². The van der Waals surface area contributed by atoms with Crippen molar-refractivity contribution < 1.29 is 14.0 Å². The summed E-state index contributed by atoms with van der Waals surface area (Å²) in [6.07, 6.45) is 1.73. The van der Waals surface area contributed by atoms with Crippen molar-refractivity contribution >= 4 is 23.4 Å². The first-order valence-electron chi connectivity index (χ1n) is 6.52. The number of piperidine rings is 1. The van der Waals surface area contributed by atoms with Crippen molar-refractivity contribution in [3.63, 3.8) is 0 Å². The van der Waals surface area contributed by atoms with Gasteiger partial charge in [-0.05, 0) is 38.0 Å². The molecule has 0 bridgehead atoms. The molecule has 1 aliphatic heterocycles. The molecule has 2 atom stereocenters. The Morgan fingerprint density at radius 3 is 3.00 bits per heavy atom. The Hall–Kier alpha value is -1.62. The molecule has 0 radical (unpaired) electrons. The zero-order chi connectivity index (χ0) is 14.7. The first-order valence-corrected chi connectivity index (χ1v) is 6.90. The Bertz CT molecular complexity index is 536. The molecule has 0 aromatic heterocycles. The van der Waals surface area contributed by atoms with Crippen LogP contribution in [0.15, 0.2) is 18.2 Å². The van der Waals surface area contributed by atoms with Gasteiger partial charge in [0, 0.05) is 17.0 Å². The van der Waals surface area contributed by atoms with Crippen LogP contribution in [0.5, 0.6) is 0 Å². The fraction of sp³-hybridized carbons (Fsp3) is 0.429. The van der Waals surface area contributed by atoms with E-state index in [1.807, 2.05) is 0 Å². The van der Waals surface area contributed by atoms with Gasteiger partial charge in [-0.25, -0.2) is 4.39 Å². The predicted octanol–water partition coefficient (Wildman–Crippen LogP) is 2.33. The highest BCUT2D eigenvalue weighted by molar-refractivity contribution is 6.30. The number of halogens is 2. The van der Waals surface area contributed by atoms with E-state index in [1.165, 1.54) is 18.2 Å². The van der Waals surface area contributed by atoms with Gasteiger partial charge in [-0.15, -0.1) is 0 Å². The molecule has 0 spiro atoms. The summed E-state index contributed by atoms with van der Waals surface area (Å²) in [6.45, 7) is 1.68. The fourth-order valence-corrected chi connectivity index (χ4v) is 2.42. The van der Waals surface area contributed by atoms with Crippen LogP contribution in [0.25, 0.3) is 0 Å². The van der Waals surface area contributed by atoms with Crippen LogP contribution in [0.4, 0.5) is 4.39 Å².